The Bertz CT molecular complexity index is 855. The number of ether oxygens (including phenoxy) is 2. The first-order chi connectivity index (χ1) is 11.7. The number of benzene rings is 2. The Morgan fingerprint density at radius 1 is 1.12 bits per heavy atom. The average molecular weight is 324 g/mol. The van der Waals surface area contributed by atoms with Crippen molar-refractivity contribution in [1.82, 2.24) is 9.88 Å². The summed E-state index contributed by atoms with van der Waals surface area (Å²) in [6, 6.07) is 15.2. The molecule has 1 amide bonds. The van der Waals surface area contributed by atoms with Gasteiger partial charge in [0, 0.05) is 30.2 Å². The number of aryl methyl sites for hydroxylation is 1. The number of carbonyl (C=O) groups is 1. The molecule has 3 rings (SSSR count). The first-order valence-electron chi connectivity index (χ1n) is 7.78. The number of methoxy groups -OCH3 is 1. The lowest BCUT2D eigenvalue weighted by Crippen LogP contribution is -2.27. The van der Waals surface area contributed by atoms with Crippen molar-refractivity contribution in [3.8, 4) is 11.5 Å². The molecule has 0 aliphatic heterocycles. The van der Waals surface area contributed by atoms with E-state index >= 15 is 0 Å². The largest absolute Gasteiger partial charge is 0.497 e. The highest BCUT2D eigenvalue weighted by atomic mass is 16.5. The minimum Gasteiger partial charge on any atom is -0.497 e. The van der Waals surface area contributed by atoms with Crippen LogP contribution >= 0.6 is 0 Å². The summed E-state index contributed by atoms with van der Waals surface area (Å²) in [5.74, 6) is 1.36. The Balaban J connectivity index is 1.57. The minimum atomic E-state index is -0.0963. The van der Waals surface area contributed by atoms with Gasteiger partial charge in [-0.15, -0.1) is 0 Å². The Labute approximate surface area is 140 Å². The van der Waals surface area contributed by atoms with Crippen molar-refractivity contribution in [3.63, 3.8) is 0 Å². The number of nitrogens with zero attached hydrogens (tertiary/aromatic N) is 1. The standard InChI is InChI=1S/C19H20N2O3/c1-21-13-17(16-8-3-4-9-18(16)21)19(22)20-10-11-24-15-7-5-6-14(12-15)23-2/h3-9,12-13H,10-11H2,1-2H3,(H,20,22). The highest BCUT2D eigenvalue weighted by Gasteiger charge is 2.12. The van der Waals surface area contributed by atoms with E-state index < -0.39 is 0 Å². The van der Waals surface area contributed by atoms with E-state index in [1.807, 2.05) is 66.3 Å². The van der Waals surface area contributed by atoms with Crippen molar-refractivity contribution < 1.29 is 14.3 Å². The molecule has 2 aromatic carbocycles. The highest BCUT2D eigenvalue weighted by molar-refractivity contribution is 6.06. The number of rotatable bonds is 6. The van der Waals surface area contributed by atoms with Crippen molar-refractivity contribution in [2.45, 2.75) is 0 Å². The number of amides is 1. The second kappa shape index (κ2) is 7.08. The molecule has 1 heterocycles. The van der Waals surface area contributed by atoms with Gasteiger partial charge in [0.05, 0.1) is 19.2 Å². The second-order valence-corrected chi connectivity index (χ2v) is 5.45. The average Bonchev–Trinajstić information content (AvgIpc) is 2.96. The number of fused-ring (bicyclic) bond motifs is 1. The third-order valence-corrected chi connectivity index (χ3v) is 3.84. The number of para-hydroxylation sites is 1. The van der Waals surface area contributed by atoms with Gasteiger partial charge < -0.3 is 19.4 Å². The fourth-order valence-corrected chi connectivity index (χ4v) is 2.64. The molecule has 0 aliphatic carbocycles. The molecular weight excluding hydrogens is 304 g/mol. The predicted octanol–water partition coefficient (Wildman–Crippen LogP) is 3.00. The third kappa shape index (κ3) is 3.35. The van der Waals surface area contributed by atoms with Crippen LogP contribution in [-0.4, -0.2) is 30.7 Å². The molecule has 24 heavy (non-hydrogen) atoms. The molecule has 0 atom stereocenters. The number of hydrogen-bond acceptors (Lipinski definition) is 3. The Hall–Kier alpha value is -2.95. The van der Waals surface area contributed by atoms with Crippen molar-refractivity contribution >= 4 is 16.8 Å². The molecule has 0 radical (unpaired) electrons. The summed E-state index contributed by atoms with van der Waals surface area (Å²) < 4.78 is 12.7. The Morgan fingerprint density at radius 3 is 2.75 bits per heavy atom. The van der Waals surface area contributed by atoms with Crippen molar-refractivity contribution in [1.29, 1.82) is 0 Å². The summed E-state index contributed by atoms with van der Waals surface area (Å²) in [5.41, 5.74) is 1.71. The van der Waals surface area contributed by atoms with Gasteiger partial charge in [0.15, 0.2) is 0 Å². The van der Waals surface area contributed by atoms with Gasteiger partial charge in [0.2, 0.25) is 0 Å². The summed E-state index contributed by atoms with van der Waals surface area (Å²) >= 11 is 0. The van der Waals surface area contributed by atoms with Gasteiger partial charge in [-0.25, -0.2) is 0 Å². The van der Waals surface area contributed by atoms with Crippen molar-refractivity contribution in [2.24, 2.45) is 7.05 Å². The van der Waals surface area contributed by atoms with Crippen LogP contribution in [0.3, 0.4) is 0 Å². The van der Waals surface area contributed by atoms with E-state index in [1.54, 1.807) is 7.11 Å². The molecule has 0 spiro atoms. The molecule has 1 N–H and O–H groups in total. The topological polar surface area (TPSA) is 52.5 Å². The maximum Gasteiger partial charge on any atom is 0.253 e. The Kier molecular flexibility index (Phi) is 4.70. The van der Waals surface area contributed by atoms with E-state index in [9.17, 15) is 4.79 Å². The molecule has 5 nitrogen and oxygen atoms in total. The SMILES string of the molecule is COc1cccc(OCCNC(=O)c2cn(C)c3ccccc23)c1. The van der Waals surface area contributed by atoms with Crippen LogP contribution in [0.4, 0.5) is 0 Å². The molecule has 5 heteroatoms. The summed E-state index contributed by atoms with van der Waals surface area (Å²) in [7, 11) is 3.55. The normalized spacial score (nSPS) is 10.6. The quantitative estimate of drug-likeness (QED) is 0.709. The zero-order valence-electron chi connectivity index (χ0n) is 13.8. The van der Waals surface area contributed by atoms with Crippen LogP contribution in [0.1, 0.15) is 10.4 Å². The monoisotopic (exact) mass is 324 g/mol. The third-order valence-electron chi connectivity index (χ3n) is 3.84. The van der Waals surface area contributed by atoms with Gasteiger partial charge in [-0.05, 0) is 18.2 Å². The minimum absolute atomic E-state index is 0.0963. The summed E-state index contributed by atoms with van der Waals surface area (Å²) in [4.78, 5) is 12.4. The zero-order valence-corrected chi connectivity index (χ0v) is 13.8. The fourth-order valence-electron chi connectivity index (χ4n) is 2.64. The van der Waals surface area contributed by atoms with E-state index in [2.05, 4.69) is 5.32 Å². The number of hydrogen-bond donors (Lipinski definition) is 1. The predicted molar refractivity (Wildman–Crippen MR) is 93.7 cm³/mol. The molecule has 1 aromatic heterocycles. The van der Waals surface area contributed by atoms with E-state index in [-0.39, 0.29) is 5.91 Å². The number of aromatic nitrogens is 1. The van der Waals surface area contributed by atoms with Crippen LogP contribution in [0.2, 0.25) is 0 Å². The molecule has 0 bridgehead atoms. The zero-order chi connectivity index (χ0) is 16.9. The molecule has 0 unspecified atom stereocenters. The van der Waals surface area contributed by atoms with Crippen LogP contribution in [0.25, 0.3) is 10.9 Å². The number of carbonyl (C=O) groups excluding carboxylic acids is 1. The van der Waals surface area contributed by atoms with Crippen LogP contribution in [0.15, 0.2) is 54.7 Å². The molecule has 124 valence electrons. The van der Waals surface area contributed by atoms with Gasteiger partial charge in [0.1, 0.15) is 18.1 Å². The second-order valence-electron chi connectivity index (χ2n) is 5.45. The first-order valence-corrected chi connectivity index (χ1v) is 7.78. The van der Waals surface area contributed by atoms with Crippen LogP contribution in [0, 0.1) is 0 Å². The van der Waals surface area contributed by atoms with Crippen LogP contribution in [0.5, 0.6) is 11.5 Å². The lowest BCUT2D eigenvalue weighted by atomic mass is 10.1. The van der Waals surface area contributed by atoms with Gasteiger partial charge in [-0.2, -0.15) is 0 Å². The summed E-state index contributed by atoms with van der Waals surface area (Å²) in [6.07, 6.45) is 1.85. The first kappa shape index (κ1) is 15.9. The highest BCUT2D eigenvalue weighted by Crippen LogP contribution is 2.20. The van der Waals surface area contributed by atoms with E-state index in [4.69, 9.17) is 9.47 Å². The van der Waals surface area contributed by atoms with E-state index in [0.29, 0.717) is 24.5 Å². The smallest absolute Gasteiger partial charge is 0.253 e. The molecular formula is C19H20N2O3. The fraction of sp³-hybridized carbons (Fsp3) is 0.211. The maximum absolute atomic E-state index is 12.4. The van der Waals surface area contributed by atoms with E-state index in [1.165, 1.54) is 0 Å². The molecule has 0 aliphatic rings. The molecule has 0 saturated carbocycles. The lowest BCUT2D eigenvalue weighted by molar-refractivity contribution is 0.0948. The van der Waals surface area contributed by atoms with Gasteiger partial charge in [-0.3, -0.25) is 4.79 Å². The van der Waals surface area contributed by atoms with Gasteiger partial charge >= 0.3 is 0 Å². The number of nitrogens with one attached hydrogen (secondary N) is 1. The Morgan fingerprint density at radius 2 is 1.92 bits per heavy atom. The summed E-state index contributed by atoms with van der Waals surface area (Å²) in [5, 5.41) is 3.84. The molecule has 0 fully saturated rings. The lowest BCUT2D eigenvalue weighted by Gasteiger charge is -2.08. The molecule has 3 aromatic rings. The van der Waals surface area contributed by atoms with Gasteiger partial charge in [0.25, 0.3) is 5.91 Å². The summed E-state index contributed by atoms with van der Waals surface area (Å²) in [6.45, 7) is 0.822. The van der Waals surface area contributed by atoms with Crippen molar-refractivity contribution in [3.05, 3.63) is 60.3 Å². The maximum atomic E-state index is 12.4. The van der Waals surface area contributed by atoms with Crippen LogP contribution < -0.4 is 14.8 Å². The van der Waals surface area contributed by atoms with Crippen LogP contribution in [-0.2, 0) is 7.05 Å². The molecule has 0 saturated heterocycles. The van der Waals surface area contributed by atoms with E-state index in [0.717, 1.165) is 16.7 Å². The van der Waals surface area contributed by atoms with Crippen molar-refractivity contribution in [2.75, 3.05) is 20.3 Å². The van der Waals surface area contributed by atoms with Gasteiger partial charge in [-0.1, -0.05) is 24.3 Å².